The Morgan fingerprint density at radius 3 is 2.78 bits per heavy atom. The van der Waals surface area contributed by atoms with Crippen molar-refractivity contribution in [2.24, 2.45) is 0 Å². The highest BCUT2D eigenvalue weighted by Gasteiger charge is 2.25. The molecule has 0 bridgehead atoms. The summed E-state index contributed by atoms with van der Waals surface area (Å²) >= 11 is 5.53. The Balaban J connectivity index is 2.28. The molecule has 2 nitrogen and oxygen atoms in total. The minimum absolute atomic E-state index is 0.101. The molecule has 1 aromatic rings. The fraction of sp³-hybridized carbons (Fsp3) is 0.500. The number of carbonyl (C=O) groups excluding carboxylic acids is 1. The van der Waals surface area contributed by atoms with Gasteiger partial charge in [0.05, 0.1) is 0 Å². The SMILES string of the molecule is CC(=O)c1ccc(N2CCSC(C)C2C)cc1Br. The van der Waals surface area contributed by atoms with Crippen LogP contribution in [-0.2, 0) is 0 Å². The van der Waals surface area contributed by atoms with Gasteiger partial charge < -0.3 is 4.90 Å². The molecule has 98 valence electrons. The van der Waals surface area contributed by atoms with E-state index in [1.54, 1.807) is 6.92 Å². The molecule has 0 amide bonds. The number of ketones is 1. The van der Waals surface area contributed by atoms with E-state index in [-0.39, 0.29) is 5.78 Å². The van der Waals surface area contributed by atoms with Gasteiger partial charge in [0.2, 0.25) is 0 Å². The van der Waals surface area contributed by atoms with E-state index in [4.69, 9.17) is 0 Å². The molecule has 0 aromatic heterocycles. The molecule has 4 heteroatoms. The van der Waals surface area contributed by atoms with Crippen molar-refractivity contribution in [2.75, 3.05) is 17.2 Å². The molecule has 1 aromatic carbocycles. The van der Waals surface area contributed by atoms with E-state index >= 15 is 0 Å². The van der Waals surface area contributed by atoms with Crippen molar-refractivity contribution in [2.45, 2.75) is 32.1 Å². The van der Waals surface area contributed by atoms with Crippen molar-refractivity contribution in [3.8, 4) is 0 Å². The largest absolute Gasteiger partial charge is 0.367 e. The van der Waals surface area contributed by atoms with E-state index in [1.807, 2.05) is 17.8 Å². The molecule has 0 radical (unpaired) electrons. The molecular weight excluding hydrogens is 310 g/mol. The molecule has 1 heterocycles. The summed E-state index contributed by atoms with van der Waals surface area (Å²) < 4.78 is 0.894. The van der Waals surface area contributed by atoms with E-state index in [0.717, 1.165) is 22.3 Å². The third-order valence-corrected chi connectivity index (χ3v) is 5.54. The highest BCUT2D eigenvalue weighted by molar-refractivity contribution is 9.10. The molecule has 1 aliphatic rings. The topological polar surface area (TPSA) is 20.3 Å². The Labute approximate surface area is 121 Å². The number of thioether (sulfide) groups is 1. The second-order valence-electron chi connectivity index (χ2n) is 4.73. The first-order chi connectivity index (χ1) is 8.50. The number of rotatable bonds is 2. The van der Waals surface area contributed by atoms with Crippen LogP contribution in [0.1, 0.15) is 31.1 Å². The zero-order chi connectivity index (χ0) is 13.3. The maximum absolute atomic E-state index is 11.4. The van der Waals surface area contributed by atoms with Crippen molar-refractivity contribution in [1.29, 1.82) is 0 Å². The molecule has 2 atom stereocenters. The summed E-state index contributed by atoms with van der Waals surface area (Å²) in [5, 5.41) is 0.644. The Hall–Kier alpha value is -0.480. The smallest absolute Gasteiger partial charge is 0.160 e. The van der Waals surface area contributed by atoms with Gasteiger partial charge >= 0.3 is 0 Å². The van der Waals surface area contributed by atoms with E-state index in [0.29, 0.717) is 11.3 Å². The van der Waals surface area contributed by atoms with E-state index in [2.05, 4.69) is 46.8 Å². The van der Waals surface area contributed by atoms with Gasteiger partial charge in [0.1, 0.15) is 0 Å². The second-order valence-corrected chi connectivity index (χ2v) is 7.07. The fourth-order valence-corrected chi connectivity index (χ4v) is 4.01. The summed E-state index contributed by atoms with van der Waals surface area (Å²) in [6.45, 7) is 7.22. The van der Waals surface area contributed by atoms with Gasteiger partial charge in [0, 0.05) is 39.3 Å². The van der Waals surface area contributed by atoms with Crippen LogP contribution in [0.5, 0.6) is 0 Å². The van der Waals surface area contributed by atoms with Crippen LogP contribution in [-0.4, -0.2) is 29.4 Å². The minimum Gasteiger partial charge on any atom is -0.367 e. The summed E-state index contributed by atoms with van der Waals surface area (Å²) in [4.78, 5) is 13.8. The Morgan fingerprint density at radius 1 is 1.44 bits per heavy atom. The van der Waals surface area contributed by atoms with Crippen molar-refractivity contribution in [3.63, 3.8) is 0 Å². The lowest BCUT2D eigenvalue weighted by molar-refractivity contribution is 0.101. The molecule has 0 aliphatic carbocycles. The van der Waals surface area contributed by atoms with Crippen LogP contribution in [0.4, 0.5) is 5.69 Å². The van der Waals surface area contributed by atoms with Crippen molar-refractivity contribution >= 4 is 39.2 Å². The minimum atomic E-state index is 0.101. The zero-order valence-electron chi connectivity index (χ0n) is 10.9. The van der Waals surface area contributed by atoms with Gasteiger partial charge in [-0.1, -0.05) is 6.92 Å². The summed E-state index contributed by atoms with van der Waals surface area (Å²) in [6, 6.07) is 6.57. The summed E-state index contributed by atoms with van der Waals surface area (Å²) in [5.74, 6) is 1.27. The Morgan fingerprint density at radius 2 is 2.17 bits per heavy atom. The van der Waals surface area contributed by atoms with E-state index < -0.39 is 0 Å². The molecule has 1 saturated heterocycles. The molecule has 2 unspecified atom stereocenters. The first-order valence-corrected chi connectivity index (χ1v) is 8.03. The number of halogens is 1. The highest BCUT2D eigenvalue weighted by atomic mass is 79.9. The van der Waals surface area contributed by atoms with Crippen LogP contribution in [0.2, 0.25) is 0 Å². The number of hydrogen-bond acceptors (Lipinski definition) is 3. The quantitative estimate of drug-likeness (QED) is 0.766. The highest BCUT2D eigenvalue weighted by Crippen LogP contribution is 2.31. The molecule has 0 N–H and O–H groups in total. The molecule has 0 spiro atoms. The van der Waals surface area contributed by atoms with Crippen molar-refractivity contribution in [3.05, 3.63) is 28.2 Å². The third kappa shape index (κ3) is 2.75. The van der Waals surface area contributed by atoms with Gasteiger partial charge in [-0.15, -0.1) is 0 Å². The predicted molar refractivity (Wildman–Crippen MR) is 82.9 cm³/mol. The fourth-order valence-electron chi connectivity index (χ4n) is 2.27. The lowest BCUT2D eigenvalue weighted by atomic mass is 10.1. The third-order valence-electron chi connectivity index (χ3n) is 3.55. The van der Waals surface area contributed by atoms with Gasteiger partial charge in [0.15, 0.2) is 5.78 Å². The van der Waals surface area contributed by atoms with Gasteiger partial charge in [-0.3, -0.25) is 4.79 Å². The lowest BCUT2D eigenvalue weighted by Gasteiger charge is -2.39. The molecule has 1 fully saturated rings. The summed E-state index contributed by atoms with van der Waals surface area (Å²) in [7, 11) is 0. The summed E-state index contributed by atoms with van der Waals surface area (Å²) in [5.41, 5.74) is 1.96. The van der Waals surface area contributed by atoms with Crippen LogP contribution in [0.3, 0.4) is 0 Å². The van der Waals surface area contributed by atoms with Gasteiger partial charge in [-0.05, 0) is 48.0 Å². The number of hydrogen-bond donors (Lipinski definition) is 0. The first-order valence-electron chi connectivity index (χ1n) is 6.19. The predicted octanol–water partition coefficient (Wildman–Crippen LogP) is 3.98. The Bertz CT molecular complexity index is 463. The normalized spacial score (nSPS) is 24.1. The van der Waals surface area contributed by atoms with Crippen molar-refractivity contribution < 1.29 is 4.79 Å². The number of Topliss-reactive ketones (excluding diaryl/α,β-unsaturated/α-hetero) is 1. The molecular formula is C14H18BrNOS. The van der Waals surface area contributed by atoms with Crippen LogP contribution in [0.25, 0.3) is 0 Å². The number of anilines is 1. The van der Waals surface area contributed by atoms with E-state index in [9.17, 15) is 4.79 Å². The Kier molecular flexibility index (Phi) is 4.38. The van der Waals surface area contributed by atoms with Crippen LogP contribution in [0, 0.1) is 0 Å². The van der Waals surface area contributed by atoms with Gasteiger partial charge in [-0.25, -0.2) is 0 Å². The molecule has 0 saturated carbocycles. The molecule has 1 aliphatic heterocycles. The number of carbonyl (C=O) groups is 1. The van der Waals surface area contributed by atoms with Crippen LogP contribution < -0.4 is 4.90 Å². The monoisotopic (exact) mass is 327 g/mol. The summed E-state index contributed by atoms with van der Waals surface area (Å²) in [6.07, 6.45) is 0. The average Bonchev–Trinajstić information content (AvgIpc) is 2.32. The lowest BCUT2D eigenvalue weighted by Crippen LogP contribution is -2.44. The van der Waals surface area contributed by atoms with Crippen molar-refractivity contribution in [1.82, 2.24) is 0 Å². The zero-order valence-corrected chi connectivity index (χ0v) is 13.3. The van der Waals surface area contributed by atoms with E-state index in [1.165, 1.54) is 5.69 Å². The average molecular weight is 328 g/mol. The van der Waals surface area contributed by atoms with Crippen LogP contribution in [0.15, 0.2) is 22.7 Å². The standard InChI is InChI=1S/C14H18BrNOS/c1-9-11(3)18-7-6-16(9)12-4-5-13(10(2)17)14(15)8-12/h4-5,8-9,11H,6-7H2,1-3H3. The number of nitrogens with zero attached hydrogens (tertiary/aromatic N) is 1. The molecule has 2 rings (SSSR count). The molecule has 18 heavy (non-hydrogen) atoms. The maximum Gasteiger partial charge on any atom is 0.160 e. The number of benzene rings is 1. The maximum atomic E-state index is 11.4. The van der Waals surface area contributed by atoms with Gasteiger partial charge in [0.25, 0.3) is 0 Å². The van der Waals surface area contributed by atoms with Crippen LogP contribution >= 0.6 is 27.7 Å². The second kappa shape index (κ2) is 5.66. The first kappa shape index (κ1) is 13.9. The van der Waals surface area contributed by atoms with Gasteiger partial charge in [-0.2, -0.15) is 11.8 Å².